The van der Waals surface area contributed by atoms with Crippen molar-refractivity contribution in [1.82, 2.24) is 15.0 Å². The minimum atomic E-state index is -2.80. The van der Waals surface area contributed by atoms with E-state index in [9.17, 15) is 13.6 Å². The lowest BCUT2D eigenvalue weighted by Crippen LogP contribution is -2.16. The van der Waals surface area contributed by atoms with Crippen molar-refractivity contribution < 1.29 is 18.3 Å². The number of hydrogen-bond acceptors (Lipinski definition) is 4. The maximum Gasteiger partial charge on any atom is 0.361 e. The first-order valence-corrected chi connectivity index (χ1v) is 7.43. The van der Waals surface area contributed by atoms with Gasteiger partial charge in [-0.3, -0.25) is 0 Å². The molecule has 7 heteroatoms. The van der Waals surface area contributed by atoms with E-state index in [1.165, 1.54) is 0 Å². The average Bonchev–Trinajstić information content (AvgIpc) is 2.87. The standard InChI is InChI=1S/C14H23F2N3O2/c1-4-7-8-10(5-2)9-19-12(13(15)16)11(17-18-19)14(20)21-6-3/h10,13H,4-9H2,1-3H3. The van der Waals surface area contributed by atoms with Crippen molar-refractivity contribution in [3.63, 3.8) is 0 Å². The van der Waals surface area contributed by atoms with Crippen LogP contribution in [0.3, 0.4) is 0 Å². The van der Waals surface area contributed by atoms with E-state index in [-0.39, 0.29) is 18.2 Å². The predicted molar refractivity (Wildman–Crippen MR) is 74.2 cm³/mol. The van der Waals surface area contributed by atoms with Crippen molar-refractivity contribution in [2.45, 2.75) is 59.4 Å². The van der Waals surface area contributed by atoms with Gasteiger partial charge in [0.2, 0.25) is 0 Å². The molecule has 5 nitrogen and oxygen atoms in total. The summed E-state index contributed by atoms with van der Waals surface area (Å²) in [7, 11) is 0. The molecule has 0 bridgehead atoms. The highest BCUT2D eigenvalue weighted by Gasteiger charge is 2.28. The zero-order valence-corrected chi connectivity index (χ0v) is 12.8. The largest absolute Gasteiger partial charge is 0.461 e. The molecule has 0 aromatic carbocycles. The second-order valence-electron chi connectivity index (χ2n) is 4.94. The molecule has 1 unspecified atom stereocenters. The number of unbranched alkanes of at least 4 members (excludes halogenated alkanes) is 1. The van der Waals surface area contributed by atoms with Gasteiger partial charge in [0.05, 0.1) is 6.61 Å². The lowest BCUT2D eigenvalue weighted by molar-refractivity contribution is 0.0506. The number of rotatable bonds is 9. The Hall–Kier alpha value is -1.53. The van der Waals surface area contributed by atoms with Crippen LogP contribution in [0, 0.1) is 5.92 Å². The SMILES string of the molecule is CCCCC(CC)Cn1nnc(C(=O)OCC)c1C(F)F. The normalized spacial score (nSPS) is 12.7. The molecule has 1 atom stereocenters. The second kappa shape index (κ2) is 8.69. The summed E-state index contributed by atoms with van der Waals surface area (Å²) in [6, 6.07) is 0. The fourth-order valence-corrected chi connectivity index (χ4v) is 2.18. The van der Waals surface area contributed by atoms with Crippen LogP contribution in [-0.2, 0) is 11.3 Å². The Bertz CT molecular complexity index is 449. The second-order valence-corrected chi connectivity index (χ2v) is 4.94. The van der Waals surface area contributed by atoms with Crippen LogP contribution in [0.4, 0.5) is 8.78 Å². The monoisotopic (exact) mass is 303 g/mol. The minimum Gasteiger partial charge on any atom is -0.461 e. The van der Waals surface area contributed by atoms with Crippen LogP contribution in [0.25, 0.3) is 0 Å². The van der Waals surface area contributed by atoms with Crippen molar-refractivity contribution in [3.05, 3.63) is 11.4 Å². The molecule has 0 radical (unpaired) electrons. The highest BCUT2D eigenvalue weighted by Crippen LogP contribution is 2.24. The summed E-state index contributed by atoms with van der Waals surface area (Å²) >= 11 is 0. The molecule has 1 aromatic heterocycles. The van der Waals surface area contributed by atoms with Gasteiger partial charge in [-0.2, -0.15) is 0 Å². The molecule has 21 heavy (non-hydrogen) atoms. The summed E-state index contributed by atoms with van der Waals surface area (Å²) in [4.78, 5) is 11.6. The maximum atomic E-state index is 13.2. The van der Waals surface area contributed by atoms with Crippen LogP contribution < -0.4 is 0 Å². The molecule has 0 spiro atoms. The Morgan fingerprint density at radius 2 is 2.05 bits per heavy atom. The van der Waals surface area contributed by atoms with Crippen LogP contribution in [0.1, 0.15) is 69.1 Å². The van der Waals surface area contributed by atoms with Gasteiger partial charge in [-0.1, -0.05) is 38.3 Å². The van der Waals surface area contributed by atoms with E-state index in [0.717, 1.165) is 30.4 Å². The van der Waals surface area contributed by atoms with Crippen molar-refractivity contribution in [3.8, 4) is 0 Å². The van der Waals surface area contributed by atoms with Crippen LogP contribution in [0.15, 0.2) is 0 Å². The Kier molecular flexibility index (Phi) is 7.25. The Balaban J connectivity index is 2.94. The number of ether oxygens (including phenoxy) is 1. The first kappa shape index (κ1) is 17.5. The third kappa shape index (κ3) is 4.75. The van der Waals surface area contributed by atoms with Crippen LogP contribution in [0.2, 0.25) is 0 Å². The van der Waals surface area contributed by atoms with Gasteiger partial charge in [0, 0.05) is 6.54 Å². The summed E-state index contributed by atoms with van der Waals surface area (Å²) in [5.41, 5.74) is -0.819. The molecule has 120 valence electrons. The van der Waals surface area contributed by atoms with E-state index in [4.69, 9.17) is 4.74 Å². The minimum absolute atomic E-state index is 0.114. The summed E-state index contributed by atoms with van der Waals surface area (Å²) in [6.45, 7) is 6.18. The highest BCUT2D eigenvalue weighted by molar-refractivity contribution is 5.88. The van der Waals surface area contributed by atoms with Crippen molar-refractivity contribution in [2.75, 3.05) is 6.61 Å². The van der Waals surface area contributed by atoms with E-state index < -0.39 is 18.1 Å². The van der Waals surface area contributed by atoms with Gasteiger partial charge in [-0.05, 0) is 19.3 Å². The molecule has 0 aliphatic rings. The fraction of sp³-hybridized carbons (Fsp3) is 0.786. The van der Waals surface area contributed by atoms with E-state index in [1.54, 1.807) is 6.92 Å². The zero-order valence-electron chi connectivity index (χ0n) is 12.8. The number of carbonyl (C=O) groups excluding carboxylic acids is 1. The quantitative estimate of drug-likeness (QED) is 0.654. The maximum absolute atomic E-state index is 13.2. The van der Waals surface area contributed by atoms with Gasteiger partial charge in [0.1, 0.15) is 5.69 Å². The number of nitrogens with zero attached hydrogens (tertiary/aromatic N) is 3. The molecule has 0 saturated heterocycles. The first-order chi connectivity index (χ1) is 10.0. The average molecular weight is 303 g/mol. The van der Waals surface area contributed by atoms with E-state index in [2.05, 4.69) is 17.2 Å². The molecule has 1 aromatic rings. The summed E-state index contributed by atoms with van der Waals surface area (Å²) in [5.74, 6) is -0.597. The number of carbonyl (C=O) groups is 1. The lowest BCUT2D eigenvalue weighted by Gasteiger charge is -2.15. The van der Waals surface area contributed by atoms with Crippen LogP contribution in [0.5, 0.6) is 0 Å². The van der Waals surface area contributed by atoms with Crippen LogP contribution in [-0.4, -0.2) is 27.6 Å². The van der Waals surface area contributed by atoms with Gasteiger partial charge < -0.3 is 4.74 Å². The number of esters is 1. The van der Waals surface area contributed by atoms with E-state index in [1.807, 2.05) is 6.92 Å². The van der Waals surface area contributed by atoms with Crippen LogP contribution >= 0.6 is 0 Å². The molecule has 0 N–H and O–H groups in total. The highest BCUT2D eigenvalue weighted by atomic mass is 19.3. The Morgan fingerprint density at radius 3 is 2.57 bits per heavy atom. The third-order valence-corrected chi connectivity index (χ3v) is 3.42. The van der Waals surface area contributed by atoms with E-state index in [0.29, 0.717) is 6.54 Å². The zero-order chi connectivity index (χ0) is 15.8. The molecule has 1 rings (SSSR count). The van der Waals surface area contributed by atoms with E-state index >= 15 is 0 Å². The predicted octanol–water partition coefficient (Wildman–Crippen LogP) is 3.61. The van der Waals surface area contributed by atoms with Crippen molar-refractivity contribution in [2.24, 2.45) is 5.92 Å². The Morgan fingerprint density at radius 1 is 1.33 bits per heavy atom. The fourth-order valence-electron chi connectivity index (χ4n) is 2.18. The van der Waals surface area contributed by atoms with Crippen molar-refractivity contribution >= 4 is 5.97 Å². The molecule has 0 amide bonds. The number of hydrogen-bond donors (Lipinski definition) is 0. The lowest BCUT2D eigenvalue weighted by atomic mass is 9.99. The summed E-state index contributed by atoms with van der Waals surface area (Å²) in [6.07, 6.45) is 1.12. The molecular weight excluding hydrogens is 280 g/mol. The van der Waals surface area contributed by atoms with Gasteiger partial charge in [-0.15, -0.1) is 5.10 Å². The molecule has 1 heterocycles. The van der Waals surface area contributed by atoms with Gasteiger partial charge in [0.15, 0.2) is 5.69 Å². The smallest absolute Gasteiger partial charge is 0.361 e. The third-order valence-electron chi connectivity index (χ3n) is 3.42. The Labute approximate surface area is 123 Å². The topological polar surface area (TPSA) is 57.0 Å². The molecule has 0 fully saturated rings. The molecular formula is C14H23F2N3O2. The number of halogens is 2. The summed E-state index contributed by atoms with van der Waals surface area (Å²) in [5, 5.41) is 7.30. The summed E-state index contributed by atoms with van der Waals surface area (Å²) < 4.78 is 32.3. The van der Waals surface area contributed by atoms with Gasteiger partial charge >= 0.3 is 5.97 Å². The number of alkyl halides is 2. The van der Waals surface area contributed by atoms with Gasteiger partial charge in [0.25, 0.3) is 6.43 Å². The molecule has 0 aliphatic carbocycles. The first-order valence-electron chi connectivity index (χ1n) is 7.43. The van der Waals surface area contributed by atoms with Gasteiger partial charge in [-0.25, -0.2) is 18.3 Å². The molecule has 0 aliphatic heterocycles. The number of aromatic nitrogens is 3. The molecule has 0 saturated carbocycles. The van der Waals surface area contributed by atoms with Crippen molar-refractivity contribution in [1.29, 1.82) is 0 Å².